The van der Waals surface area contributed by atoms with Gasteiger partial charge in [-0.3, -0.25) is 0 Å². The zero-order chi connectivity index (χ0) is 14.7. The highest BCUT2D eigenvalue weighted by molar-refractivity contribution is 5.22. The lowest BCUT2D eigenvalue weighted by atomic mass is 9.80. The molecule has 2 nitrogen and oxygen atoms in total. The molecule has 1 aromatic carbocycles. The van der Waals surface area contributed by atoms with Crippen molar-refractivity contribution in [2.24, 2.45) is 11.8 Å². The fraction of sp³-hybridized carbons (Fsp3) is 0.625. The van der Waals surface area contributed by atoms with Crippen LogP contribution in [0.15, 0.2) is 18.2 Å². The number of aliphatic hydroxyl groups excluding tert-OH is 1. The molecular formula is C16H23F2NO. The van der Waals surface area contributed by atoms with Crippen molar-refractivity contribution in [2.45, 2.75) is 45.3 Å². The van der Waals surface area contributed by atoms with Crippen molar-refractivity contribution < 1.29 is 13.9 Å². The molecular weight excluding hydrogens is 260 g/mol. The Bertz CT molecular complexity index is 432. The summed E-state index contributed by atoms with van der Waals surface area (Å²) in [5.74, 6) is -0.123. The van der Waals surface area contributed by atoms with Gasteiger partial charge in [-0.1, -0.05) is 19.9 Å². The lowest BCUT2D eigenvalue weighted by molar-refractivity contribution is 0.143. The quantitative estimate of drug-likeness (QED) is 0.887. The van der Waals surface area contributed by atoms with Crippen molar-refractivity contribution in [3.63, 3.8) is 0 Å². The summed E-state index contributed by atoms with van der Waals surface area (Å²) in [6, 6.07) is 3.97. The second-order valence-corrected chi connectivity index (χ2v) is 6.06. The highest BCUT2D eigenvalue weighted by Gasteiger charge is 2.26. The third-order valence-corrected chi connectivity index (χ3v) is 4.34. The first-order valence-electron chi connectivity index (χ1n) is 7.34. The van der Waals surface area contributed by atoms with E-state index in [0.717, 1.165) is 25.2 Å². The fourth-order valence-corrected chi connectivity index (χ4v) is 3.16. The maximum Gasteiger partial charge on any atom is 0.131 e. The summed E-state index contributed by atoms with van der Waals surface area (Å²) in [6.45, 7) is 4.61. The van der Waals surface area contributed by atoms with Crippen LogP contribution in [0.5, 0.6) is 0 Å². The van der Waals surface area contributed by atoms with Crippen molar-refractivity contribution in [1.82, 2.24) is 5.32 Å². The molecule has 112 valence electrons. The summed E-state index contributed by atoms with van der Waals surface area (Å²) in [7, 11) is 0. The van der Waals surface area contributed by atoms with Gasteiger partial charge in [0.05, 0.1) is 11.7 Å². The number of aliphatic hydroxyl groups is 1. The van der Waals surface area contributed by atoms with Gasteiger partial charge in [0, 0.05) is 12.6 Å². The molecule has 2 N–H and O–H groups in total. The van der Waals surface area contributed by atoms with E-state index in [1.807, 2.05) is 0 Å². The zero-order valence-corrected chi connectivity index (χ0v) is 12.1. The molecule has 1 aromatic rings. The summed E-state index contributed by atoms with van der Waals surface area (Å²) < 4.78 is 27.1. The predicted molar refractivity (Wildman–Crippen MR) is 75.3 cm³/mol. The molecule has 0 aromatic heterocycles. The first-order chi connectivity index (χ1) is 9.49. The molecule has 0 aliphatic heterocycles. The number of nitrogens with one attached hydrogen (secondary N) is 1. The van der Waals surface area contributed by atoms with Gasteiger partial charge in [0.25, 0.3) is 0 Å². The van der Waals surface area contributed by atoms with E-state index in [4.69, 9.17) is 0 Å². The maximum absolute atomic E-state index is 13.6. The second-order valence-electron chi connectivity index (χ2n) is 6.06. The molecule has 4 heteroatoms. The fourth-order valence-electron chi connectivity index (χ4n) is 3.16. The van der Waals surface area contributed by atoms with Crippen LogP contribution in [0.3, 0.4) is 0 Å². The van der Waals surface area contributed by atoms with E-state index in [2.05, 4.69) is 19.2 Å². The van der Waals surface area contributed by atoms with Crippen LogP contribution in [0, 0.1) is 23.5 Å². The molecule has 0 heterocycles. The average Bonchev–Trinajstić information content (AvgIpc) is 2.37. The van der Waals surface area contributed by atoms with E-state index in [0.29, 0.717) is 12.0 Å². The number of halogens is 2. The Morgan fingerprint density at radius 2 is 1.90 bits per heavy atom. The van der Waals surface area contributed by atoms with Crippen molar-refractivity contribution in [1.29, 1.82) is 0 Å². The molecule has 20 heavy (non-hydrogen) atoms. The van der Waals surface area contributed by atoms with Gasteiger partial charge in [-0.15, -0.1) is 0 Å². The molecule has 1 fully saturated rings. The predicted octanol–water partition coefficient (Wildman–Crippen LogP) is 3.41. The van der Waals surface area contributed by atoms with Crippen molar-refractivity contribution in [3.05, 3.63) is 35.4 Å². The monoisotopic (exact) mass is 283 g/mol. The van der Waals surface area contributed by atoms with Crippen molar-refractivity contribution in [2.75, 3.05) is 6.54 Å². The minimum Gasteiger partial charge on any atom is -0.387 e. The van der Waals surface area contributed by atoms with E-state index in [1.165, 1.54) is 18.2 Å². The Morgan fingerprint density at radius 3 is 2.50 bits per heavy atom. The molecule has 4 atom stereocenters. The largest absolute Gasteiger partial charge is 0.387 e. The van der Waals surface area contributed by atoms with Gasteiger partial charge in [-0.25, -0.2) is 8.78 Å². The highest BCUT2D eigenvalue weighted by Crippen LogP contribution is 2.29. The van der Waals surface area contributed by atoms with Gasteiger partial charge in [-0.05, 0) is 43.2 Å². The topological polar surface area (TPSA) is 32.3 Å². The minimum absolute atomic E-state index is 0.182. The summed E-state index contributed by atoms with van der Waals surface area (Å²) in [4.78, 5) is 0. The van der Waals surface area contributed by atoms with Crippen LogP contribution in [0.25, 0.3) is 0 Å². The molecule has 0 amide bonds. The smallest absolute Gasteiger partial charge is 0.131 e. The highest BCUT2D eigenvalue weighted by atomic mass is 19.1. The van der Waals surface area contributed by atoms with Crippen molar-refractivity contribution in [3.8, 4) is 0 Å². The van der Waals surface area contributed by atoms with E-state index in [-0.39, 0.29) is 12.1 Å². The third kappa shape index (κ3) is 3.55. The summed E-state index contributed by atoms with van der Waals surface area (Å²) in [6.07, 6.45) is 2.21. The molecule has 1 aliphatic rings. The van der Waals surface area contributed by atoms with Gasteiger partial charge in [0.1, 0.15) is 11.6 Å². The third-order valence-electron chi connectivity index (χ3n) is 4.34. The Morgan fingerprint density at radius 1 is 1.25 bits per heavy atom. The van der Waals surface area contributed by atoms with Crippen LogP contribution in [0.1, 0.15) is 44.8 Å². The number of hydrogen-bond donors (Lipinski definition) is 2. The number of benzene rings is 1. The van der Waals surface area contributed by atoms with Gasteiger partial charge in [0.15, 0.2) is 0 Å². The lowest BCUT2D eigenvalue weighted by Crippen LogP contribution is -2.41. The van der Waals surface area contributed by atoms with Crippen LogP contribution >= 0.6 is 0 Å². The van der Waals surface area contributed by atoms with Crippen LogP contribution in [0.4, 0.5) is 8.78 Å². The standard InChI is InChI=1S/C16H23F2NO/c1-10-6-7-14(11(2)8-10)19-9-15(20)16-12(17)4-3-5-13(16)18/h3-5,10-11,14-15,19-20H,6-9H2,1-2H3. The molecule has 2 rings (SSSR count). The lowest BCUT2D eigenvalue weighted by Gasteiger charge is -2.34. The summed E-state index contributed by atoms with van der Waals surface area (Å²) >= 11 is 0. The van der Waals surface area contributed by atoms with Crippen molar-refractivity contribution >= 4 is 0 Å². The Hall–Kier alpha value is -1.00. The SMILES string of the molecule is CC1CCC(NCC(O)c2c(F)cccc2F)C(C)C1. The first-order valence-corrected chi connectivity index (χ1v) is 7.34. The average molecular weight is 283 g/mol. The number of rotatable bonds is 4. The Kier molecular flexibility index (Phi) is 5.11. The Labute approximate surface area is 119 Å². The minimum atomic E-state index is -1.15. The molecule has 0 saturated heterocycles. The molecule has 0 spiro atoms. The van der Waals surface area contributed by atoms with Gasteiger partial charge < -0.3 is 10.4 Å². The van der Waals surface area contributed by atoms with E-state index in [9.17, 15) is 13.9 Å². The normalized spacial score (nSPS) is 28.4. The molecule has 4 unspecified atom stereocenters. The molecule has 0 bridgehead atoms. The summed E-state index contributed by atoms with van der Waals surface area (Å²) in [5.41, 5.74) is -0.239. The second kappa shape index (κ2) is 6.64. The van der Waals surface area contributed by atoms with Crippen LogP contribution in [-0.2, 0) is 0 Å². The van der Waals surface area contributed by atoms with Gasteiger partial charge in [-0.2, -0.15) is 0 Å². The first kappa shape index (κ1) is 15.4. The van der Waals surface area contributed by atoms with Gasteiger partial charge in [0.2, 0.25) is 0 Å². The van der Waals surface area contributed by atoms with Crippen LogP contribution < -0.4 is 5.32 Å². The Balaban J connectivity index is 1.94. The molecule has 1 saturated carbocycles. The molecule has 0 radical (unpaired) electrons. The van der Waals surface area contributed by atoms with Crippen LogP contribution in [0.2, 0.25) is 0 Å². The van der Waals surface area contributed by atoms with E-state index < -0.39 is 17.7 Å². The zero-order valence-electron chi connectivity index (χ0n) is 12.1. The van der Waals surface area contributed by atoms with E-state index in [1.54, 1.807) is 0 Å². The summed E-state index contributed by atoms with van der Waals surface area (Å²) in [5, 5.41) is 13.3. The van der Waals surface area contributed by atoms with Gasteiger partial charge >= 0.3 is 0 Å². The van der Waals surface area contributed by atoms with E-state index >= 15 is 0 Å². The molecule has 1 aliphatic carbocycles. The van der Waals surface area contributed by atoms with Crippen LogP contribution in [-0.4, -0.2) is 17.7 Å². The maximum atomic E-state index is 13.6. The number of hydrogen-bond acceptors (Lipinski definition) is 2.